The summed E-state index contributed by atoms with van der Waals surface area (Å²) in [5.74, 6) is 5.53. The lowest BCUT2D eigenvalue weighted by Crippen LogP contribution is -2.47. The van der Waals surface area contributed by atoms with E-state index in [1.54, 1.807) is 29.9 Å². The zero-order chi connectivity index (χ0) is 9.26. The maximum Gasteiger partial charge on any atom is 0.177 e. The van der Waals surface area contributed by atoms with Gasteiger partial charge in [0.05, 0.1) is 12.0 Å². The number of hydrazine groups is 2. The van der Waals surface area contributed by atoms with Gasteiger partial charge in [0.25, 0.3) is 0 Å². The predicted molar refractivity (Wildman–Crippen MR) is 48.1 cm³/mol. The standard InChI is InChI=1S/C6H10N7/c7-5-3-9-4-10-6(5)12-2-1-11-13(12)8/h1-4,6H,7-8H2,(H,9,10)/q-1. The molecule has 0 aliphatic carbocycles. The van der Waals surface area contributed by atoms with Crippen molar-refractivity contribution in [3.05, 3.63) is 29.7 Å². The van der Waals surface area contributed by atoms with Crippen molar-refractivity contribution in [2.45, 2.75) is 6.17 Å². The van der Waals surface area contributed by atoms with Crippen LogP contribution >= 0.6 is 0 Å². The molecule has 0 aromatic carbocycles. The minimum absolute atomic E-state index is 0.311. The highest BCUT2D eigenvalue weighted by Crippen LogP contribution is 2.18. The number of hydrogen-bond acceptors (Lipinski definition) is 6. The van der Waals surface area contributed by atoms with E-state index in [-0.39, 0.29) is 6.17 Å². The summed E-state index contributed by atoms with van der Waals surface area (Å²) in [6, 6.07) is 0. The van der Waals surface area contributed by atoms with Crippen LogP contribution in [-0.2, 0) is 0 Å². The molecule has 0 bridgehead atoms. The number of nitrogens with zero attached hydrogens (tertiary/aromatic N) is 4. The lowest BCUT2D eigenvalue weighted by atomic mass is 10.3. The summed E-state index contributed by atoms with van der Waals surface area (Å²) in [6.07, 6.45) is 6.19. The second-order valence-corrected chi connectivity index (χ2v) is 2.58. The third-order valence-electron chi connectivity index (χ3n) is 1.73. The fraction of sp³-hybridized carbons (Fsp3) is 0.167. The maximum absolute atomic E-state index is 5.71. The summed E-state index contributed by atoms with van der Waals surface area (Å²) in [6.45, 7) is 0. The molecular weight excluding hydrogens is 170 g/mol. The summed E-state index contributed by atoms with van der Waals surface area (Å²) in [5, 5.41) is 5.59. The summed E-state index contributed by atoms with van der Waals surface area (Å²) in [4.78, 5) is 4.11. The van der Waals surface area contributed by atoms with Crippen LogP contribution in [0.5, 0.6) is 0 Å². The van der Waals surface area contributed by atoms with E-state index in [2.05, 4.69) is 15.7 Å². The van der Waals surface area contributed by atoms with Crippen molar-refractivity contribution in [1.29, 1.82) is 0 Å². The van der Waals surface area contributed by atoms with Crippen molar-refractivity contribution in [3.8, 4) is 0 Å². The lowest BCUT2D eigenvalue weighted by molar-refractivity contribution is 0.0510. The van der Waals surface area contributed by atoms with Gasteiger partial charge in [0, 0.05) is 6.20 Å². The van der Waals surface area contributed by atoms with Gasteiger partial charge in [-0.1, -0.05) is 0 Å². The smallest absolute Gasteiger partial charge is 0.177 e. The third-order valence-corrected chi connectivity index (χ3v) is 1.73. The molecule has 70 valence electrons. The van der Waals surface area contributed by atoms with E-state index in [9.17, 15) is 0 Å². The summed E-state index contributed by atoms with van der Waals surface area (Å²) >= 11 is 0. The van der Waals surface area contributed by atoms with Crippen molar-refractivity contribution in [1.82, 2.24) is 15.6 Å². The van der Waals surface area contributed by atoms with E-state index < -0.39 is 0 Å². The van der Waals surface area contributed by atoms with Crippen LogP contribution in [0.25, 0.3) is 5.43 Å². The minimum Gasteiger partial charge on any atom is -0.592 e. The fourth-order valence-corrected chi connectivity index (χ4v) is 1.12. The molecule has 7 nitrogen and oxygen atoms in total. The number of nitrogens with two attached hydrogens (primary N) is 2. The summed E-state index contributed by atoms with van der Waals surface area (Å²) < 4.78 is 0. The topological polar surface area (TPSA) is 97.0 Å². The third kappa shape index (κ3) is 1.30. The van der Waals surface area contributed by atoms with E-state index in [4.69, 9.17) is 11.6 Å². The molecule has 1 unspecified atom stereocenters. The Labute approximate surface area is 75.3 Å². The van der Waals surface area contributed by atoms with Gasteiger partial charge >= 0.3 is 0 Å². The molecule has 2 rings (SSSR count). The van der Waals surface area contributed by atoms with Crippen LogP contribution in [0, 0.1) is 0 Å². The number of nitrogens with one attached hydrogen (secondary N) is 1. The van der Waals surface area contributed by atoms with Gasteiger partial charge in [0.1, 0.15) is 0 Å². The van der Waals surface area contributed by atoms with Crippen molar-refractivity contribution in [2.75, 3.05) is 0 Å². The number of hydrogen-bond donors (Lipinski definition) is 3. The lowest BCUT2D eigenvalue weighted by Gasteiger charge is -2.37. The van der Waals surface area contributed by atoms with E-state index in [0.717, 1.165) is 0 Å². The molecule has 0 saturated heterocycles. The Bertz CT molecular complexity index is 281. The molecule has 0 aromatic rings. The molecule has 0 saturated carbocycles. The molecule has 0 aromatic heterocycles. The van der Waals surface area contributed by atoms with Crippen molar-refractivity contribution in [2.24, 2.45) is 16.6 Å². The molecular formula is C6H10N7-. The van der Waals surface area contributed by atoms with Gasteiger partial charge in [-0.3, -0.25) is 10.9 Å². The van der Waals surface area contributed by atoms with Crippen LogP contribution in [0.4, 0.5) is 0 Å². The van der Waals surface area contributed by atoms with E-state index in [1.165, 1.54) is 5.23 Å². The van der Waals surface area contributed by atoms with Crippen LogP contribution < -0.4 is 16.9 Å². The molecule has 0 spiro atoms. The van der Waals surface area contributed by atoms with Crippen LogP contribution in [0.15, 0.2) is 29.3 Å². The van der Waals surface area contributed by atoms with E-state index in [1.807, 2.05) is 0 Å². The van der Waals surface area contributed by atoms with Gasteiger partial charge in [0.2, 0.25) is 0 Å². The highest BCUT2D eigenvalue weighted by molar-refractivity contribution is 5.58. The SMILES string of the molecule is NC1=CNC=NC1N1C=C[N-]N1N. The molecule has 0 fully saturated rings. The maximum atomic E-state index is 5.71. The molecule has 13 heavy (non-hydrogen) atoms. The minimum atomic E-state index is -0.311. The van der Waals surface area contributed by atoms with Crippen molar-refractivity contribution >= 4 is 6.34 Å². The monoisotopic (exact) mass is 180 g/mol. The highest BCUT2D eigenvalue weighted by Gasteiger charge is 2.20. The van der Waals surface area contributed by atoms with Crippen LogP contribution in [0.1, 0.15) is 0 Å². The zero-order valence-corrected chi connectivity index (χ0v) is 6.83. The number of aliphatic imine (C=N–C) groups is 1. The van der Waals surface area contributed by atoms with Gasteiger partial charge in [-0.25, -0.2) is 10.2 Å². The first-order valence-corrected chi connectivity index (χ1v) is 3.73. The molecule has 2 heterocycles. The van der Waals surface area contributed by atoms with Gasteiger partial charge in [-0.15, -0.1) is 6.20 Å². The Morgan fingerprint density at radius 2 is 2.46 bits per heavy atom. The second kappa shape index (κ2) is 2.96. The van der Waals surface area contributed by atoms with Crippen LogP contribution in [0.2, 0.25) is 0 Å². The first-order valence-electron chi connectivity index (χ1n) is 3.73. The Kier molecular flexibility index (Phi) is 1.80. The second-order valence-electron chi connectivity index (χ2n) is 2.58. The van der Waals surface area contributed by atoms with Crippen LogP contribution in [0.3, 0.4) is 0 Å². The van der Waals surface area contributed by atoms with Gasteiger partial charge in [-0.2, -0.15) is 0 Å². The first kappa shape index (κ1) is 7.90. The molecule has 5 N–H and O–H groups in total. The van der Waals surface area contributed by atoms with Crippen molar-refractivity contribution in [3.63, 3.8) is 0 Å². The van der Waals surface area contributed by atoms with Gasteiger partial charge in [-0.05, 0) is 6.20 Å². The van der Waals surface area contributed by atoms with Crippen molar-refractivity contribution < 1.29 is 0 Å². The predicted octanol–water partition coefficient (Wildman–Crippen LogP) is -1.09. The molecule has 2 aliphatic heterocycles. The summed E-state index contributed by atoms with van der Waals surface area (Å²) in [7, 11) is 0. The molecule has 0 radical (unpaired) electrons. The van der Waals surface area contributed by atoms with Crippen LogP contribution in [-0.4, -0.2) is 22.7 Å². The molecule has 2 aliphatic rings. The molecule has 1 atom stereocenters. The Balaban J connectivity index is 2.15. The highest BCUT2D eigenvalue weighted by atomic mass is 15.9. The van der Waals surface area contributed by atoms with Gasteiger partial charge in [0.15, 0.2) is 6.17 Å². The van der Waals surface area contributed by atoms with E-state index in [0.29, 0.717) is 5.70 Å². The Hall–Kier alpha value is -1.73. The quantitative estimate of drug-likeness (QED) is 0.445. The fourth-order valence-electron chi connectivity index (χ4n) is 1.12. The largest absolute Gasteiger partial charge is 0.592 e. The normalized spacial score (nSPS) is 27.0. The first-order chi connectivity index (χ1) is 6.29. The van der Waals surface area contributed by atoms with E-state index >= 15 is 0 Å². The molecule has 0 amide bonds. The zero-order valence-electron chi connectivity index (χ0n) is 6.83. The Morgan fingerprint density at radius 1 is 1.62 bits per heavy atom. The molecule has 7 heteroatoms. The average Bonchev–Trinajstić information content (AvgIpc) is 2.52. The summed E-state index contributed by atoms with van der Waals surface area (Å²) in [5.41, 5.74) is 10.1. The Morgan fingerprint density at radius 3 is 3.08 bits per heavy atom. The average molecular weight is 180 g/mol. The van der Waals surface area contributed by atoms with Gasteiger partial charge < -0.3 is 16.5 Å². The number of rotatable bonds is 1.